The average Bonchev–Trinajstić information content (AvgIpc) is 2.82. The van der Waals surface area contributed by atoms with Crippen LogP contribution >= 0.6 is 15.9 Å². The molecule has 1 aromatic heterocycles. The van der Waals surface area contributed by atoms with Crippen molar-refractivity contribution in [1.29, 1.82) is 0 Å². The maximum Gasteiger partial charge on any atom is 0.0952 e. The minimum absolute atomic E-state index is 0.268. The third kappa shape index (κ3) is 1.99. The first-order chi connectivity index (χ1) is 8.79. The Labute approximate surface area is 115 Å². The van der Waals surface area contributed by atoms with E-state index in [4.69, 9.17) is 0 Å². The number of nitrogens with one attached hydrogen (secondary N) is 1. The van der Waals surface area contributed by atoms with Gasteiger partial charge in [0.05, 0.1) is 23.8 Å². The minimum Gasteiger partial charge on any atom is -0.333 e. The molecule has 0 amide bonds. The Hall–Kier alpha value is -1.13. The zero-order valence-corrected chi connectivity index (χ0v) is 11.9. The minimum atomic E-state index is 0.268. The van der Waals surface area contributed by atoms with Crippen molar-refractivity contribution in [3.63, 3.8) is 0 Å². The van der Waals surface area contributed by atoms with Gasteiger partial charge in [0.2, 0.25) is 0 Å². The number of benzene rings is 1. The lowest BCUT2D eigenvalue weighted by Gasteiger charge is -2.26. The summed E-state index contributed by atoms with van der Waals surface area (Å²) in [4.78, 5) is 4.53. The Morgan fingerprint density at radius 2 is 2.17 bits per heavy atom. The van der Waals surface area contributed by atoms with Gasteiger partial charge in [-0.25, -0.2) is 4.98 Å². The number of halogens is 1. The third-order valence-electron chi connectivity index (χ3n) is 3.49. The summed E-state index contributed by atoms with van der Waals surface area (Å²) in [5.41, 5.74) is 3.86. The van der Waals surface area contributed by atoms with Crippen molar-refractivity contribution in [2.75, 3.05) is 6.54 Å². The van der Waals surface area contributed by atoms with Gasteiger partial charge in [0.1, 0.15) is 0 Å². The topological polar surface area (TPSA) is 29.9 Å². The highest BCUT2D eigenvalue weighted by molar-refractivity contribution is 9.10. The fourth-order valence-corrected chi connectivity index (χ4v) is 2.84. The van der Waals surface area contributed by atoms with E-state index in [1.807, 2.05) is 6.33 Å². The molecule has 2 aromatic rings. The first-order valence-corrected chi connectivity index (χ1v) is 7.11. The Morgan fingerprint density at radius 1 is 1.39 bits per heavy atom. The van der Waals surface area contributed by atoms with Crippen LogP contribution in [0.15, 0.2) is 35.1 Å². The van der Waals surface area contributed by atoms with E-state index in [0.29, 0.717) is 0 Å². The van der Waals surface area contributed by atoms with Crippen LogP contribution < -0.4 is 5.32 Å². The molecule has 1 N–H and O–H groups in total. The van der Waals surface area contributed by atoms with Crippen molar-refractivity contribution < 1.29 is 0 Å². The summed E-state index contributed by atoms with van der Waals surface area (Å²) < 4.78 is 3.36. The van der Waals surface area contributed by atoms with Crippen LogP contribution in [0, 0.1) is 0 Å². The van der Waals surface area contributed by atoms with E-state index < -0.39 is 0 Å². The number of hydrogen-bond acceptors (Lipinski definition) is 2. The molecule has 3 rings (SSSR count). The van der Waals surface area contributed by atoms with Crippen LogP contribution in [0.2, 0.25) is 0 Å². The zero-order valence-electron chi connectivity index (χ0n) is 10.4. The largest absolute Gasteiger partial charge is 0.333 e. The summed E-state index contributed by atoms with van der Waals surface area (Å²) in [6.45, 7) is 4.13. The van der Waals surface area contributed by atoms with Crippen molar-refractivity contribution >= 4 is 15.9 Å². The van der Waals surface area contributed by atoms with Crippen LogP contribution in [0.4, 0.5) is 0 Å². The Kier molecular flexibility index (Phi) is 3.22. The van der Waals surface area contributed by atoms with E-state index in [-0.39, 0.29) is 6.04 Å². The van der Waals surface area contributed by atoms with Crippen molar-refractivity contribution in [3.8, 4) is 0 Å². The molecule has 1 atom stereocenters. The number of fused-ring (bicyclic) bond motifs is 1. The van der Waals surface area contributed by atoms with Gasteiger partial charge >= 0.3 is 0 Å². The van der Waals surface area contributed by atoms with Gasteiger partial charge in [-0.3, -0.25) is 0 Å². The van der Waals surface area contributed by atoms with Gasteiger partial charge < -0.3 is 9.88 Å². The van der Waals surface area contributed by atoms with Crippen LogP contribution in [0.25, 0.3) is 0 Å². The highest BCUT2D eigenvalue weighted by atomic mass is 79.9. The van der Waals surface area contributed by atoms with Crippen LogP contribution in [0.3, 0.4) is 0 Å². The summed E-state index contributed by atoms with van der Waals surface area (Å²) in [5, 5.41) is 3.60. The Balaban J connectivity index is 2.04. The molecule has 1 aromatic carbocycles. The van der Waals surface area contributed by atoms with E-state index >= 15 is 0 Å². The molecule has 3 nitrogen and oxygen atoms in total. The van der Waals surface area contributed by atoms with Gasteiger partial charge in [-0.15, -0.1) is 0 Å². The fourth-order valence-electron chi connectivity index (χ4n) is 2.57. The van der Waals surface area contributed by atoms with Gasteiger partial charge in [-0.05, 0) is 24.6 Å². The lowest BCUT2D eigenvalue weighted by Crippen LogP contribution is -2.32. The molecule has 0 fully saturated rings. The summed E-state index contributed by atoms with van der Waals surface area (Å²) in [7, 11) is 0. The quantitative estimate of drug-likeness (QED) is 0.924. The van der Waals surface area contributed by atoms with E-state index in [0.717, 1.165) is 24.0 Å². The molecule has 18 heavy (non-hydrogen) atoms. The Morgan fingerprint density at radius 3 is 2.89 bits per heavy atom. The van der Waals surface area contributed by atoms with Crippen LogP contribution in [-0.2, 0) is 13.0 Å². The normalized spacial score (nSPS) is 18.7. The van der Waals surface area contributed by atoms with E-state index in [2.05, 4.69) is 62.0 Å². The highest BCUT2D eigenvalue weighted by Gasteiger charge is 2.25. The molecular formula is C14H16BrN3. The second kappa shape index (κ2) is 4.86. The molecule has 1 unspecified atom stereocenters. The molecule has 0 radical (unpaired) electrons. The Bertz CT molecular complexity index is 531. The smallest absolute Gasteiger partial charge is 0.0952 e. The van der Waals surface area contributed by atoms with Gasteiger partial charge in [0, 0.05) is 24.0 Å². The van der Waals surface area contributed by atoms with Gasteiger partial charge in [0.15, 0.2) is 0 Å². The number of aromatic nitrogens is 2. The number of imidazole rings is 1. The lowest BCUT2D eigenvalue weighted by molar-refractivity contribution is 0.524. The molecule has 1 aliphatic heterocycles. The number of hydrogen-bond donors (Lipinski definition) is 1. The summed E-state index contributed by atoms with van der Waals surface area (Å²) in [6, 6.07) is 8.80. The number of nitrogens with zero attached hydrogens (tertiary/aromatic N) is 2. The molecule has 1 aliphatic rings. The van der Waals surface area contributed by atoms with Crippen LogP contribution in [0.5, 0.6) is 0 Å². The molecule has 2 heterocycles. The maximum absolute atomic E-state index is 4.53. The molecule has 4 heteroatoms. The SMILES string of the molecule is CCn1cnc2c1C(c1ccc(Br)cc1)NCC2. The lowest BCUT2D eigenvalue weighted by atomic mass is 9.98. The molecule has 0 saturated heterocycles. The fraction of sp³-hybridized carbons (Fsp3) is 0.357. The summed E-state index contributed by atoms with van der Waals surface area (Å²) >= 11 is 3.48. The molecule has 0 aliphatic carbocycles. The summed E-state index contributed by atoms with van der Waals surface area (Å²) in [6.07, 6.45) is 2.99. The van der Waals surface area contributed by atoms with E-state index in [9.17, 15) is 0 Å². The highest BCUT2D eigenvalue weighted by Crippen LogP contribution is 2.28. The van der Waals surface area contributed by atoms with Gasteiger partial charge in [-0.2, -0.15) is 0 Å². The van der Waals surface area contributed by atoms with E-state index in [1.165, 1.54) is 17.0 Å². The second-order valence-corrected chi connectivity index (χ2v) is 5.47. The van der Waals surface area contributed by atoms with Gasteiger partial charge in [-0.1, -0.05) is 28.1 Å². The average molecular weight is 306 g/mol. The molecule has 94 valence electrons. The van der Waals surface area contributed by atoms with Crippen LogP contribution in [0.1, 0.15) is 29.9 Å². The van der Waals surface area contributed by atoms with Crippen molar-refractivity contribution in [1.82, 2.24) is 14.9 Å². The maximum atomic E-state index is 4.53. The third-order valence-corrected chi connectivity index (χ3v) is 4.01. The molecule has 0 bridgehead atoms. The second-order valence-electron chi connectivity index (χ2n) is 4.55. The van der Waals surface area contributed by atoms with Crippen molar-refractivity contribution in [3.05, 3.63) is 52.0 Å². The standard InChI is InChI=1S/C14H16BrN3/c1-2-18-9-17-12-7-8-16-13(14(12)18)10-3-5-11(15)6-4-10/h3-6,9,13,16H,2,7-8H2,1H3. The first-order valence-electron chi connectivity index (χ1n) is 6.32. The molecule has 0 spiro atoms. The van der Waals surface area contributed by atoms with E-state index in [1.54, 1.807) is 0 Å². The molecule has 0 saturated carbocycles. The van der Waals surface area contributed by atoms with Crippen LogP contribution in [-0.4, -0.2) is 16.1 Å². The zero-order chi connectivity index (χ0) is 12.5. The van der Waals surface area contributed by atoms with Crippen molar-refractivity contribution in [2.45, 2.75) is 25.9 Å². The first kappa shape index (κ1) is 11.9. The van der Waals surface area contributed by atoms with Crippen molar-refractivity contribution in [2.24, 2.45) is 0 Å². The predicted octanol–water partition coefficient (Wildman–Crippen LogP) is 2.90. The number of rotatable bonds is 2. The van der Waals surface area contributed by atoms with Gasteiger partial charge in [0.25, 0.3) is 0 Å². The predicted molar refractivity (Wildman–Crippen MR) is 75.6 cm³/mol. The molecular weight excluding hydrogens is 290 g/mol. The summed E-state index contributed by atoms with van der Waals surface area (Å²) in [5.74, 6) is 0. The monoisotopic (exact) mass is 305 g/mol. The number of aryl methyl sites for hydroxylation is 1.